The first-order valence-corrected chi connectivity index (χ1v) is 6.74. The smallest absolute Gasteiger partial charge is 0.115 e. The summed E-state index contributed by atoms with van der Waals surface area (Å²) in [6.45, 7) is 3.98. The van der Waals surface area contributed by atoms with Gasteiger partial charge in [0.2, 0.25) is 0 Å². The molecule has 0 aliphatic rings. The zero-order valence-electron chi connectivity index (χ0n) is 10.1. The monoisotopic (exact) mass is 277 g/mol. The maximum atomic E-state index is 9.05. The van der Waals surface area contributed by atoms with E-state index in [2.05, 4.69) is 16.4 Å². The Balaban J connectivity index is 2.24. The summed E-state index contributed by atoms with van der Waals surface area (Å²) in [4.78, 5) is 4.42. The summed E-state index contributed by atoms with van der Waals surface area (Å²) >= 11 is 7.55. The summed E-state index contributed by atoms with van der Waals surface area (Å²) in [6, 6.07) is 7.38. The fraction of sp³-hybridized carbons (Fsp3) is 0.231. The molecule has 1 unspecified atom stereocenters. The summed E-state index contributed by atoms with van der Waals surface area (Å²) in [5.74, 6) is 0. The third-order valence-electron chi connectivity index (χ3n) is 2.48. The van der Waals surface area contributed by atoms with E-state index < -0.39 is 0 Å². The number of hydrogen-bond acceptors (Lipinski definition) is 4. The molecule has 1 heterocycles. The number of aromatic nitrogens is 1. The Morgan fingerprint density at radius 3 is 2.89 bits per heavy atom. The predicted molar refractivity (Wildman–Crippen MR) is 75.1 cm³/mol. The molecule has 0 fully saturated rings. The Morgan fingerprint density at radius 1 is 1.50 bits per heavy atom. The van der Waals surface area contributed by atoms with Gasteiger partial charge in [0.25, 0.3) is 0 Å². The van der Waals surface area contributed by atoms with E-state index in [9.17, 15) is 0 Å². The number of hydrogen-bond donors (Lipinski definition) is 1. The van der Waals surface area contributed by atoms with Crippen LogP contribution in [-0.4, -0.2) is 4.98 Å². The first kappa shape index (κ1) is 12.9. The Morgan fingerprint density at radius 2 is 2.28 bits per heavy atom. The fourth-order valence-electron chi connectivity index (χ4n) is 1.60. The second-order valence-electron chi connectivity index (χ2n) is 3.99. The number of aryl methyl sites for hydroxylation is 1. The van der Waals surface area contributed by atoms with Gasteiger partial charge in [-0.3, -0.25) is 0 Å². The minimum absolute atomic E-state index is 0.0502. The number of nitrogens with one attached hydrogen (secondary N) is 1. The number of halogens is 1. The molecule has 3 nitrogen and oxygen atoms in total. The molecule has 1 N–H and O–H groups in total. The van der Waals surface area contributed by atoms with Crippen LogP contribution in [0.25, 0.3) is 0 Å². The summed E-state index contributed by atoms with van der Waals surface area (Å²) in [5, 5.41) is 15.9. The van der Waals surface area contributed by atoms with E-state index in [0.29, 0.717) is 10.6 Å². The van der Waals surface area contributed by atoms with E-state index in [4.69, 9.17) is 16.9 Å². The molecule has 1 aromatic carbocycles. The fourth-order valence-corrected chi connectivity index (χ4v) is 2.58. The Labute approximate surface area is 115 Å². The molecule has 1 aromatic heterocycles. The van der Waals surface area contributed by atoms with Crippen LogP contribution in [0.1, 0.15) is 29.2 Å². The lowest BCUT2D eigenvalue weighted by atomic mass is 10.2. The van der Waals surface area contributed by atoms with Gasteiger partial charge in [-0.05, 0) is 32.0 Å². The van der Waals surface area contributed by atoms with E-state index in [1.807, 2.05) is 19.2 Å². The molecule has 5 heteroatoms. The van der Waals surface area contributed by atoms with Crippen LogP contribution in [0.4, 0.5) is 5.69 Å². The summed E-state index contributed by atoms with van der Waals surface area (Å²) < 4.78 is 0. The van der Waals surface area contributed by atoms with Crippen LogP contribution >= 0.6 is 22.9 Å². The Bertz CT molecular complexity index is 601. The van der Waals surface area contributed by atoms with Gasteiger partial charge < -0.3 is 5.32 Å². The second kappa shape index (κ2) is 5.38. The predicted octanol–water partition coefficient (Wildman–Crippen LogP) is 4.15. The highest BCUT2D eigenvalue weighted by molar-refractivity contribution is 7.09. The SMILES string of the molecule is Cc1csc(C(C)Nc2cc(Cl)ccc2C#N)n1. The average molecular weight is 278 g/mol. The van der Waals surface area contributed by atoms with Crippen molar-refractivity contribution in [3.05, 3.63) is 44.9 Å². The minimum atomic E-state index is 0.0502. The molecule has 0 saturated heterocycles. The van der Waals surface area contributed by atoms with Gasteiger partial charge in [0.15, 0.2) is 0 Å². The lowest BCUT2D eigenvalue weighted by molar-refractivity contribution is 0.863. The van der Waals surface area contributed by atoms with Crippen LogP contribution in [0.15, 0.2) is 23.6 Å². The largest absolute Gasteiger partial charge is 0.375 e. The van der Waals surface area contributed by atoms with Gasteiger partial charge in [-0.25, -0.2) is 4.98 Å². The van der Waals surface area contributed by atoms with Crippen molar-refractivity contribution in [2.75, 3.05) is 5.32 Å². The van der Waals surface area contributed by atoms with E-state index in [1.165, 1.54) is 0 Å². The molecule has 92 valence electrons. The molecule has 0 amide bonds. The molecular weight excluding hydrogens is 266 g/mol. The van der Waals surface area contributed by atoms with E-state index >= 15 is 0 Å². The van der Waals surface area contributed by atoms with Crippen molar-refractivity contribution in [1.29, 1.82) is 5.26 Å². The van der Waals surface area contributed by atoms with Crippen LogP contribution in [0, 0.1) is 18.3 Å². The Kier molecular flexibility index (Phi) is 3.85. The zero-order chi connectivity index (χ0) is 13.1. The first-order chi connectivity index (χ1) is 8.60. The maximum absolute atomic E-state index is 9.05. The highest BCUT2D eigenvalue weighted by atomic mass is 35.5. The molecule has 0 aliphatic carbocycles. The number of anilines is 1. The van der Waals surface area contributed by atoms with Gasteiger partial charge >= 0.3 is 0 Å². The van der Waals surface area contributed by atoms with Crippen molar-refractivity contribution < 1.29 is 0 Å². The molecule has 1 atom stereocenters. The lowest BCUT2D eigenvalue weighted by Crippen LogP contribution is -2.07. The van der Waals surface area contributed by atoms with Crippen LogP contribution in [0.5, 0.6) is 0 Å². The van der Waals surface area contributed by atoms with Gasteiger partial charge in [-0.15, -0.1) is 11.3 Å². The summed E-state index contributed by atoms with van der Waals surface area (Å²) in [5.41, 5.74) is 2.33. The van der Waals surface area contributed by atoms with Crippen molar-refractivity contribution >= 4 is 28.6 Å². The number of nitriles is 1. The quantitative estimate of drug-likeness (QED) is 0.917. The second-order valence-corrected chi connectivity index (χ2v) is 5.32. The van der Waals surface area contributed by atoms with Crippen LogP contribution in [0.3, 0.4) is 0 Å². The zero-order valence-corrected chi connectivity index (χ0v) is 11.6. The third-order valence-corrected chi connectivity index (χ3v) is 3.86. The summed E-state index contributed by atoms with van der Waals surface area (Å²) in [6.07, 6.45) is 0. The van der Waals surface area contributed by atoms with Crippen molar-refractivity contribution in [2.45, 2.75) is 19.9 Å². The van der Waals surface area contributed by atoms with E-state index in [1.54, 1.807) is 29.5 Å². The van der Waals surface area contributed by atoms with Gasteiger partial charge in [0.1, 0.15) is 11.1 Å². The molecule has 0 radical (unpaired) electrons. The molecule has 0 aliphatic heterocycles. The third kappa shape index (κ3) is 2.81. The van der Waals surface area contributed by atoms with Gasteiger partial charge in [0.05, 0.1) is 17.3 Å². The van der Waals surface area contributed by atoms with Crippen LogP contribution in [0.2, 0.25) is 5.02 Å². The van der Waals surface area contributed by atoms with E-state index in [0.717, 1.165) is 16.4 Å². The molecule has 18 heavy (non-hydrogen) atoms. The highest BCUT2D eigenvalue weighted by Crippen LogP contribution is 2.26. The number of nitrogens with zero attached hydrogens (tertiary/aromatic N) is 2. The lowest BCUT2D eigenvalue weighted by Gasteiger charge is -2.14. The van der Waals surface area contributed by atoms with Crippen LogP contribution < -0.4 is 5.32 Å². The topological polar surface area (TPSA) is 48.7 Å². The number of thiazole rings is 1. The Hall–Kier alpha value is -1.57. The number of benzene rings is 1. The summed E-state index contributed by atoms with van der Waals surface area (Å²) in [7, 11) is 0. The van der Waals surface area contributed by atoms with Gasteiger partial charge in [-0.2, -0.15) is 5.26 Å². The van der Waals surface area contributed by atoms with E-state index in [-0.39, 0.29) is 6.04 Å². The normalized spacial score (nSPS) is 11.9. The van der Waals surface area contributed by atoms with Gasteiger partial charge in [-0.1, -0.05) is 11.6 Å². The van der Waals surface area contributed by atoms with Gasteiger partial charge in [0, 0.05) is 16.1 Å². The first-order valence-electron chi connectivity index (χ1n) is 5.48. The average Bonchev–Trinajstić information content (AvgIpc) is 2.76. The van der Waals surface area contributed by atoms with Crippen molar-refractivity contribution in [2.24, 2.45) is 0 Å². The van der Waals surface area contributed by atoms with Crippen molar-refractivity contribution in [3.8, 4) is 6.07 Å². The van der Waals surface area contributed by atoms with Crippen molar-refractivity contribution in [1.82, 2.24) is 4.98 Å². The van der Waals surface area contributed by atoms with Crippen molar-refractivity contribution in [3.63, 3.8) is 0 Å². The molecular formula is C13H12ClN3S. The number of rotatable bonds is 3. The molecule has 2 rings (SSSR count). The standard InChI is InChI=1S/C13H12ClN3S/c1-8-7-18-13(16-8)9(2)17-12-5-11(14)4-3-10(12)6-15/h3-5,7,9,17H,1-2H3. The molecule has 0 bridgehead atoms. The molecule has 0 spiro atoms. The highest BCUT2D eigenvalue weighted by Gasteiger charge is 2.11. The minimum Gasteiger partial charge on any atom is -0.375 e. The molecule has 2 aromatic rings. The molecule has 0 saturated carbocycles. The maximum Gasteiger partial charge on any atom is 0.115 e. The van der Waals surface area contributed by atoms with Crippen LogP contribution in [-0.2, 0) is 0 Å².